The van der Waals surface area contributed by atoms with Gasteiger partial charge in [-0.25, -0.2) is 4.90 Å². The molecule has 1 saturated heterocycles. The van der Waals surface area contributed by atoms with Crippen LogP contribution in [0, 0.1) is 0 Å². The van der Waals surface area contributed by atoms with Crippen LogP contribution in [0.2, 0.25) is 0 Å². The highest BCUT2D eigenvalue weighted by molar-refractivity contribution is 8.16. The van der Waals surface area contributed by atoms with E-state index in [2.05, 4.69) is 0 Å². The molecule has 1 fully saturated rings. The summed E-state index contributed by atoms with van der Waals surface area (Å²) in [6.45, 7) is -0.483. The van der Waals surface area contributed by atoms with Crippen molar-refractivity contribution >= 4 is 40.3 Å². The lowest BCUT2D eigenvalue weighted by Gasteiger charge is -2.29. The first-order valence-electron chi connectivity index (χ1n) is 7.19. The SMILES string of the molecule is O=C([O-])CN(c1ccccc1)[C@@H]1SC(=O)N(c2ccccc2)C1=O. The van der Waals surface area contributed by atoms with Gasteiger partial charge in [-0.2, -0.15) is 0 Å². The Hall–Kier alpha value is -2.80. The van der Waals surface area contributed by atoms with Crippen LogP contribution >= 0.6 is 11.8 Å². The molecule has 7 heteroatoms. The third-order valence-electron chi connectivity index (χ3n) is 3.51. The molecule has 0 N–H and O–H groups in total. The quantitative estimate of drug-likeness (QED) is 0.819. The molecule has 122 valence electrons. The molecule has 2 aromatic carbocycles. The van der Waals surface area contributed by atoms with Crippen LogP contribution < -0.4 is 14.9 Å². The number of imide groups is 1. The number of amides is 2. The van der Waals surface area contributed by atoms with Crippen LogP contribution in [0.25, 0.3) is 0 Å². The van der Waals surface area contributed by atoms with Gasteiger partial charge in [0, 0.05) is 5.69 Å². The van der Waals surface area contributed by atoms with Crippen molar-refractivity contribution in [2.24, 2.45) is 0 Å². The molecule has 0 aromatic heterocycles. The Balaban J connectivity index is 1.93. The number of carboxylic acid groups (broad SMARTS) is 1. The summed E-state index contributed by atoms with van der Waals surface area (Å²) in [6, 6.07) is 17.2. The molecule has 0 saturated carbocycles. The van der Waals surface area contributed by atoms with Gasteiger partial charge in [-0.3, -0.25) is 9.59 Å². The summed E-state index contributed by atoms with van der Waals surface area (Å²) >= 11 is 0.794. The number of carboxylic acids is 1. The van der Waals surface area contributed by atoms with Gasteiger partial charge in [0.1, 0.15) is 0 Å². The second-order valence-corrected chi connectivity index (χ2v) is 6.11. The van der Waals surface area contributed by atoms with Gasteiger partial charge in [-0.15, -0.1) is 0 Å². The topological polar surface area (TPSA) is 80.8 Å². The molecule has 6 nitrogen and oxygen atoms in total. The Labute approximate surface area is 142 Å². The van der Waals surface area contributed by atoms with E-state index in [-0.39, 0.29) is 0 Å². The molecule has 0 radical (unpaired) electrons. The lowest BCUT2D eigenvalue weighted by Crippen LogP contribution is -2.47. The van der Waals surface area contributed by atoms with Crippen molar-refractivity contribution in [3.8, 4) is 0 Å². The number of nitrogens with zero attached hydrogens (tertiary/aromatic N) is 2. The van der Waals surface area contributed by atoms with Gasteiger partial charge in [-0.1, -0.05) is 36.4 Å². The summed E-state index contributed by atoms with van der Waals surface area (Å²) in [7, 11) is 0. The third-order valence-corrected chi connectivity index (χ3v) is 4.58. The van der Waals surface area contributed by atoms with Crippen LogP contribution in [0.5, 0.6) is 0 Å². The molecule has 1 atom stereocenters. The summed E-state index contributed by atoms with van der Waals surface area (Å²) in [4.78, 5) is 38.6. The minimum absolute atomic E-state index is 0.435. The Morgan fingerprint density at radius 3 is 2.21 bits per heavy atom. The number of rotatable bonds is 5. The lowest BCUT2D eigenvalue weighted by molar-refractivity contribution is -0.303. The van der Waals surface area contributed by atoms with Crippen LogP contribution in [0.1, 0.15) is 0 Å². The van der Waals surface area contributed by atoms with Gasteiger partial charge in [0.05, 0.1) is 18.2 Å². The molecule has 2 amide bonds. The Kier molecular flexibility index (Phi) is 4.52. The highest BCUT2D eigenvalue weighted by Gasteiger charge is 2.44. The van der Waals surface area contributed by atoms with E-state index in [1.807, 2.05) is 0 Å². The van der Waals surface area contributed by atoms with Crippen molar-refractivity contribution in [2.45, 2.75) is 5.37 Å². The number of thioether (sulfide) groups is 1. The first-order valence-corrected chi connectivity index (χ1v) is 8.07. The highest BCUT2D eigenvalue weighted by atomic mass is 32.2. The maximum Gasteiger partial charge on any atom is 0.295 e. The fourth-order valence-corrected chi connectivity index (χ4v) is 3.50. The zero-order valence-corrected chi connectivity index (χ0v) is 13.3. The van der Waals surface area contributed by atoms with Crippen molar-refractivity contribution in [3.05, 3.63) is 60.7 Å². The fraction of sp³-hybridized carbons (Fsp3) is 0.118. The first-order chi connectivity index (χ1) is 11.6. The van der Waals surface area contributed by atoms with Gasteiger partial charge >= 0.3 is 0 Å². The van der Waals surface area contributed by atoms with Crippen LogP contribution in [0.4, 0.5) is 16.2 Å². The first kappa shape index (κ1) is 16.1. The third kappa shape index (κ3) is 3.11. The number of carbonyl (C=O) groups excluding carboxylic acids is 3. The maximum absolute atomic E-state index is 12.7. The minimum Gasteiger partial charge on any atom is -0.548 e. The molecule has 1 aliphatic heterocycles. The normalized spacial score (nSPS) is 17.2. The van der Waals surface area contributed by atoms with E-state index in [0.717, 1.165) is 16.7 Å². The molecule has 0 aliphatic carbocycles. The van der Waals surface area contributed by atoms with E-state index >= 15 is 0 Å². The molecule has 0 bridgehead atoms. The van der Waals surface area contributed by atoms with Crippen molar-refractivity contribution < 1.29 is 19.5 Å². The molecule has 0 spiro atoms. The summed E-state index contributed by atoms with van der Waals surface area (Å²) in [5.41, 5.74) is 0.999. The largest absolute Gasteiger partial charge is 0.548 e. The van der Waals surface area contributed by atoms with Gasteiger partial charge in [0.25, 0.3) is 11.1 Å². The Morgan fingerprint density at radius 2 is 1.62 bits per heavy atom. The highest BCUT2D eigenvalue weighted by Crippen LogP contribution is 2.35. The number of hydrogen-bond donors (Lipinski definition) is 0. The van der Waals surface area contributed by atoms with E-state index in [1.165, 1.54) is 4.90 Å². The van der Waals surface area contributed by atoms with E-state index in [0.29, 0.717) is 11.4 Å². The van der Waals surface area contributed by atoms with Crippen molar-refractivity contribution in [3.63, 3.8) is 0 Å². The molecular weight excluding hydrogens is 328 g/mol. The average Bonchev–Trinajstić information content (AvgIpc) is 2.88. The molecule has 0 unspecified atom stereocenters. The predicted octanol–water partition coefficient (Wildman–Crippen LogP) is 1.47. The smallest absolute Gasteiger partial charge is 0.295 e. The van der Waals surface area contributed by atoms with Crippen LogP contribution in [-0.2, 0) is 9.59 Å². The molecular formula is C17H13N2O4S-. The summed E-state index contributed by atoms with van der Waals surface area (Å²) < 4.78 is 0. The number of anilines is 2. The monoisotopic (exact) mass is 341 g/mol. The second-order valence-electron chi connectivity index (χ2n) is 5.08. The van der Waals surface area contributed by atoms with Gasteiger partial charge in [0.2, 0.25) is 0 Å². The predicted molar refractivity (Wildman–Crippen MR) is 89.5 cm³/mol. The van der Waals surface area contributed by atoms with Gasteiger partial charge in [0.15, 0.2) is 5.37 Å². The molecule has 1 aliphatic rings. The molecule has 3 rings (SSSR count). The van der Waals surface area contributed by atoms with Crippen LogP contribution in [0.3, 0.4) is 0 Å². The summed E-state index contributed by atoms with van der Waals surface area (Å²) in [5.74, 6) is -1.79. The fourth-order valence-electron chi connectivity index (χ4n) is 2.47. The number of para-hydroxylation sites is 2. The van der Waals surface area contributed by atoms with Crippen molar-refractivity contribution in [1.29, 1.82) is 0 Å². The number of benzene rings is 2. The zero-order valence-electron chi connectivity index (χ0n) is 12.5. The van der Waals surface area contributed by atoms with Crippen LogP contribution in [-0.4, -0.2) is 29.0 Å². The number of carbonyl (C=O) groups is 3. The minimum atomic E-state index is -1.32. The van der Waals surface area contributed by atoms with E-state index in [9.17, 15) is 19.5 Å². The van der Waals surface area contributed by atoms with E-state index < -0.39 is 29.0 Å². The maximum atomic E-state index is 12.7. The Morgan fingerprint density at radius 1 is 1.04 bits per heavy atom. The lowest BCUT2D eigenvalue weighted by atomic mass is 10.2. The zero-order chi connectivity index (χ0) is 17.1. The summed E-state index contributed by atoms with van der Waals surface area (Å²) in [6.07, 6.45) is 0. The Bertz CT molecular complexity index is 767. The van der Waals surface area contributed by atoms with Crippen molar-refractivity contribution in [1.82, 2.24) is 0 Å². The number of aliphatic carboxylic acids is 1. The van der Waals surface area contributed by atoms with Gasteiger partial charge in [-0.05, 0) is 36.0 Å². The molecule has 24 heavy (non-hydrogen) atoms. The standard InChI is InChI=1S/C17H14N2O4S/c20-14(21)11-18(12-7-3-1-4-8-12)16-15(22)19(17(23)24-16)13-9-5-2-6-10-13/h1-10,16H,11H2,(H,20,21)/p-1/t16-/m1/s1. The molecule has 1 heterocycles. The average molecular weight is 341 g/mol. The summed E-state index contributed by atoms with van der Waals surface area (Å²) in [5, 5.41) is 9.73. The van der Waals surface area contributed by atoms with Crippen molar-refractivity contribution in [2.75, 3.05) is 16.3 Å². The van der Waals surface area contributed by atoms with Gasteiger partial charge < -0.3 is 14.8 Å². The number of hydrogen-bond acceptors (Lipinski definition) is 6. The second kappa shape index (κ2) is 6.76. The van der Waals surface area contributed by atoms with E-state index in [4.69, 9.17) is 0 Å². The van der Waals surface area contributed by atoms with Crippen LogP contribution in [0.15, 0.2) is 60.7 Å². The molecule has 2 aromatic rings. The van der Waals surface area contributed by atoms with E-state index in [1.54, 1.807) is 60.7 Å².